The second kappa shape index (κ2) is 5.77. The van der Waals surface area contributed by atoms with Crippen LogP contribution in [0.2, 0.25) is 0 Å². The van der Waals surface area contributed by atoms with Gasteiger partial charge in [0, 0.05) is 12.8 Å². The van der Waals surface area contributed by atoms with Crippen molar-refractivity contribution in [3.05, 3.63) is 29.8 Å². The summed E-state index contributed by atoms with van der Waals surface area (Å²) in [4.78, 5) is 12.6. The molecule has 1 aromatic carbocycles. The monoisotopic (exact) mass is 310 g/mol. The fourth-order valence-corrected chi connectivity index (χ4v) is 3.10. The Balaban J connectivity index is 2.06. The third-order valence-corrected chi connectivity index (χ3v) is 5.20. The number of nitrogens with one attached hydrogen (secondary N) is 2. The molecule has 1 amide bonds. The van der Waals surface area contributed by atoms with Crippen molar-refractivity contribution in [1.29, 1.82) is 0 Å². The van der Waals surface area contributed by atoms with Gasteiger partial charge < -0.3 is 10.6 Å². The number of sulfone groups is 1. The Kier molecular flexibility index (Phi) is 4.39. The lowest BCUT2D eigenvalue weighted by molar-refractivity contribution is -0.129. The second-order valence-electron chi connectivity index (χ2n) is 6.02. The van der Waals surface area contributed by atoms with Gasteiger partial charge in [0.05, 0.1) is 16.4 Å². The molecule has 116 valence electrons. The van der Waals surface area contributed by atoms with Crippen LogP contribution in [-0.4, -0.2) is 33.7 Å². The predicted molar refractivity (Wildman–Crippen MR) is 81.7 cm³/mol. The number of carbonyl (C=O) groups is 1. The zero-order valence-electron chi connectivity index (χ0n) is 12.6. The zero-order chi connectivity index (χ0) is 15.7. The van der Waals surface area contributed by atoms with Crippen molar-refractivity contribution < 1.29 is 13.2 Å². The van der Waals surface area contributed by atoms with Crippen molar-refractivity contribution in [2.75, 3.05) is 19.3 Å². The molecule has 2 unspecified atom stereocenters. The number of amides is 1. The highest BCUT2D eigenvalue weighted by Gasteiger charge is 2.36. The third-order valence-electron chi connectivity index (χ3n) is 4.07. The lowest BCUT2D eigenvalue weighted by Gasteiger charge is -2.24. The van der Waals surface area contributed by atoms with Crippen LogP contribution in [0.3, 0.4) is 0 Å². The summed E-state index contributed by atoms with van der Waals surface area (Å²) in [6.45, 7) is 5.42. The number of benzene rings is 1. The van der Waals surface area contributed by atoms with Gasteiger partial charge in [0.1, 0.15) is 0 Å². The van der Waals surface area contributed by atoms with Crippen molar-refractivity contribution in [3.8, 4) is 0 Å². The first kappa shape index (κ1) is 16.0. The molecule has 1 saturated heterocycles. The van der Waals surface area contributed by atoms with E-state index in [0.29, 0.717) is 6.54 Å². The third kappa shape index (κ3) is 3.63. The molecule has 2 rings (SSSR count). The fraction of sp³-hybridized carbons (Fsp3) is 0.533. The van der Waals surface area contributed by atoms with Crippen LogP contribution in [0.4, 0.5) is 0 Å². The van der Waals surface area contributed by atoms with E-state index in [2.05, 4.69) is 10.6 Å². The van der Waals surface area contributed by atoms with Crippen LogP contribution in [0.1, 0.15) is 31.9 Å². The van der Waals surface area contributed by atoms with Crippen molar-refractivity contribution in [3.63, 3.8) is 0 Å². The molecule has 0 spiro atoms. The molecule has 1 aliphatic heterocycles. The molecule has 0 radical (unpaired) electrons. The molecular formula is C15H22N2O3S. The molecule has 1 fully saturated rings. The zero-order valence-corrected chi connectivity index (χ0v) is 13.5. The van der Waals surface area contributed by atoms with Crippen LogP contribution in [0.15, 0.2) is 29.2 Å². The SMILES string of the molecule is CC(NC(=O)C1(C)CCNC1)c1ccc(S(C)(=O)=O)cc1. The maximum absolute atomic E-state index is 12.3. The van der Waals surface area contributed by atoms with Crippen LogP contribution < -0.4 is 10.6 Å². The van der Waals surface area contributed by atoms with E-state index in [1.807, 2.05) is 13.8 Å². The van der Waals surface area contributed by atoms with Crippen molar-refractivity contribution >= 4 is 15.7 Å². The molecular weight excluding hydrogens is 288 g/mol. The van der Waals surface area contributed by atoms with Gasteiger partial charge in [0.2, 0.25) is 5.91 Å². The molecule has 21 heavy (non-hydrogen) atoms. The minimum absolute atomic E-state index is 0.0344. The maximum Gasteiger partial charge on any atom is 0.227 e. The Labute approximate surface area is 126 Å². The van der Waals surface area contributed by atoms with Crippen molar-refractivity contribution in [2.45, 2.75) is 31.2 Å². The predicted octanol–water partition coefficient (Wildman–Crippen LogP) is 1.27. The summed E-state index contributed by atoms with van der Waals surface area (Å²) in [5.74, 6) is 0.0344. The summed E-state index contributed by atoms with van der Waals surface area (Å²) in [7, 11) is -3.19. The van der Waals surface area contributed by atoms with Gasteiger partial charge in [0.15, 0.2) is 9.84 Å². The Hall–Kier alpha value is -1.40. The number of carbonyl (C=O) groups excluding carboxylic acids is 1. The smallest absolute Gasteiger partial charge is 0.227 e. The summed E-state index contributed by atoms with van der Waals surface area (Å²) < 4.78 is 22.9. The van der Waals surface area contributed by atoms with Gasteiger partial charge >= 0.3 is 0 Å². The largest absolute Gasteiger partial charge is 0.349 e. The highest BCUT2D eigenvalue weighted by Crippen LogP contribution is 2.26. The van der Waals surface area contributed by atoms with Crippen LogP contribution >= 0.6 is 0 Å². The van der Waals surface area contributed by atoms with Crippen LogP contribution in [0.25, 0.3) is 0 Å². The van der Waals surface area contributed by atoms with Crippen LogP contribution in [-0.2, 0) is 14.6 Å². The fourth-order valence-electron chi connectivity index (χ4n) is 2.47. The van der Waals surface area contributed by atoms with E-state index in [9.17, 15) is 13.2 Å². The Morgan fingerprint density at radius 3 is 2.43 bits per heavy atom. The molecule has 0 aliphatic carbocycles. The molecule has 0 bridgehead atoms. The van der Waals surface area contributed by atoms with E-state index in [0.717, 1.165) is 18.5 Å². The summed E-state index contributed by atoms with van der Waals surface area (Å²) in [5, 5.41) is 6.21. The Bertz CT molecular complexity index is 617. The Morgan fingerprint density at radius 2 is 1.95 bits per heavy atom. The lowest BCUT2D eigenvalue weighted by atomic mass is 9.88. The van der Waals surface area contributed by atoms with Crippen LogP contribution in [0, 0.1) is 5.41 Å². The molecule has 1 heterocycles. The first-order chi connectivity index (χ1) is 9.72. The number of hydrogen-bond donors (Lipinski definition) is 2. The summed E-state index contributed by atoms with van der Waals surface area (Å²) >= 11 is 0. The molecule has 5 nitrogen and oxygen atoms in total. The summed E-state index contributed by atoms with van der Waals surface area (Å²) in [5.41, 5.74) is 0.534. The van der Waals surface area contributed by atoms with Crippen LogP contribution in [0.5, 0.6) is 0 Å². The first-order valence-electron chi connectivity index (χ1n) is 7.04. The topological polar surface area (TPSA) is 75.3 Å². The molecule has 2 N–H and O–H groups in total. The second-order valence-corrected chi connectivity index (χ2v) is 8.04. The molecule has 0 saturated carbocycles. The maximum atomic E-state index is 12.3. The van der Waals surface area contributed by atoms with Gasteiger partial charge in [-0.1, -0.05) is 12.1 Å². The number of rotatable bonds is 4. The van der Waals surface area contributed by atoms with Crippen molar-refractivity contribution in [1.82, 2.24) is 10.6 Å². The van der Waals surface area contributed by atoms with Gasteiger partial charge in [-0.15, -0.1) is 0 Å². The lowest BCUT2D eigenvalue weighted by Crippen LogP contribution is -2.41. The van der Waals surface area contributed by atoms with E-state index < -0.39 is 9.84 Å². The molecule has 2 atom stereocenters. The van der Waals surface area contributed by atoms with Crippen molar-refractivity contribution in [2.24, 2.45) is 5.41 Å². The normalized spacial score (nSPS) is 23.8. The minimum atomic E-state index is -3.19. The van der Waals surface area contributed by atoms with Gasteiger partial charge in [-0.25, -0.2) is 8.42 Å². The average Bonchev–Trinajstić information content (AvgIpc) is 2.86. The molecule has 0 aromatic heterocycles. The standard InChI is InChI=1S/C15H22N2O3S/c1-11(17-14(18)15(2)8-9-16-10-15)12-4-6-13(7-5-12)21(3,19)20/h4-7,11,16H,8-10H2,1-3H3,(H,17,18). The highest BCUT2D eigenvalue weighted by molar-refractivity contribution is 7.90. The summed E-state index contributed by atoms with van der Waals surface area (Å²) in [6, 6.07) is 6.49. The molecule has 1 aromatic rings. The van der Waals surface area contributed by atoms with Gasteiger partial charge in [-0.3, -0.25) is 4.79 Å². The molecule has 6 heteroatoms. The van der Waals surface area contributed by atoms with E-state index in [4.69, 9.17) is 0 Å². The quantitative estimate of drug-likeness (QED) is 0.878. The van der Waals surface area contributed by atoms with E-state index in [1.54, 1.807) is 24.3 Å². The van der Waals surface area contributed by atoms with E-state index >= 15 is 0 Å². The number of hydrogen-bond acceptors (Lipinski definition) is 4. The first-order valence-corrected chi connectivity index (χ1v) is 8.93. The molecule has 1 aliphatic rings. The van der Waals surface area contributed by atoms with E-state index in [-0.39, 0.29) is 22.3 Å². The highest BCUT2D eigenvalue weighted by atomic mass is 32.2. The van der Waals surface area contributed by atoms with Gasteiger partial charge in [-0.05, 0) is 44.5 Å². The Morgan fingerprint density at radius 1 is 1.33 bits per heavy atom. The van der Waals surface area contributed by atoms with Gasteiger partial charge in [0.25, 0.3) is 0 Å². The summed E-state index contributed by atoms with van der Waals surface area (Å²) in [6.07, 6.45) is 2.01. The van der Waals surface area contributed by atoms with Gasteiger partial charge in [-0.2, -0.15) is 0 Å². The average molecular weight is 310 g/mol. The minimum Gasteiger partial charge on any atom is -0.349 e. The van der Waals surface area contributed by atoms with E-state index in [1.165, 1.54) is 6.26 Å².